The molecule has 3 atom stereocenters. The lowest BCUT2D eigenvalue weighted by Gasteiger charge is -2.33. The molecule has 1 aliphatic rings. The van der Waals surface area contributed by atoms with Crippen molar-refractivity contribution in [1.82, 2.24) is 10.6 Å². The largest absolute Gasteiger partial charge is 0.420 e. The molecule has 182 valence electrons. The molecule has 0 aromatic heterocycles. The van der Waals surface area contributed by atoms with Crippen LogP contribution in [0.5, 0.6) is 0 Å². The van der Waals surface area contributed by atoms with Crippen LogP contribution in [0.15, 0.2) is 72.5 Å². The van der Waals surface area contributed by atoms with E-state index in [1.54, 1.807) is 30.3 Å². The summed E-state index contributed by atoms with van der Waals surface area (Å²) >= 11 is 0. The summed E-state index contributed by atoms with van der Waals surface area (Å²) in [4.78, 5) is 0. The van der Waals surface area contributed by atoms with Crippen LogP contribution >= 0.6 is 0 Å². The minimum atomic E-state index is -4.98. The smallest absolute Gasteiger partial charge is 0.385 e. The van der Waals surface area contributed by atoms with E-state index in [4.69, 9.17) is 5.73 Å². The second kappa shape index (κ2) is 9.82. The first-order chi connectivity index (χ1) is 15.9. The van der Waals surface area contributed by atoms with Gasteiger partial charge in [-0.05, 0) is 17.7 Å². The van der Waals surface area contributed by atoms with E-state index in [-0.39, 0.29) is 17.1 Å². The minimum absolute atomic E-state index is 0.0342. The molecule has 0 bridgehead atoms. The second-order valence-corrected chi connectivity index (χ2v) is 7.86. The van der Waals surface area contributed by atoms with Gasteiger partial charge in [-0.3, -0.25) is 0 Å². The van der Waals surface area contributed by atoms with Crippen molar-refractivity contribution in [1.29, 1.82) is 0 Å². The van der Waals surface area contributed by atoms with Crippen molar-refractivity contribution in [3.05, 3.63) is 84.6 Å². The summed E-state index contributed by atoms with van der Waals surface area (Å²) in [6, 6.07) is 11.2. The number of hydrogen-bond acceptors (Lipinski definition) is 6. The molecule has 3 rings (SSSR count). The average Bonchev–Trinajstić information content (AvgIpc) is 3.16. The Hall–Kier alpha value is -3.44. The van der Waals surface area contributed by atoms with E-state index in [0.29, 0.717) is 11.6 Å². The number of halogens is 5. The fourth-order valence-electron chi connectivity index (χ4n) is 3.30. The van der Waals surface area contributed by atoms with Crippen LogP contribution in [0.1, 0.15) is 5.56 Å². The van der Waals surface area contributed by atoms with E-state index >= 15 is 0 Å². The molecule has 0 radical (unpaired) electrons. The van der Waals surface area contributed by atoms with Gasteiger partial charge in [0.2, 0.25) is 0 Å². The Kier molecular flexibility index (Phi) is 7.27. The minimum Gasteiger partial charge on any atom is -0.385 e. The monoisotopic (exact) mass is 481 g/mol. The van der Waals surface area contributed by atoms with Crippen molar-refractivity contribution in [2.24, 2.45) is 16.8 Å². The summed E-state index contributed by atoms with van der Waals surface area (Å²) in [5.74, 6) is -2.47. The topological polar surface area (TPSA) is 85.9 Å². The normalized spacial score (nSPS) is 19.6. The van der Waals surface area contributed by atoms with E-state index in [9.17, 15) is 27.1 Å². The first-order valence-electron chi connectivity index (χ1n) is 10.2. The highest BCUT2D eigenvalue weighted by Crippen LogP contribution is 2.31. The van der Waals surface area contributed by atoms with Gasteiger partial charge in [-0.1, -0.05) is 43.5 Å². The lowest BCUT2D eigenvalue weighted by atomic mass is 10.0. The van der Waals surface area contributed by atoms with Crippen LogP contribution in [-0.4, -0.2) is 42.4 Å². The molecule has 1 aliphatic heterocycles. The SMILES string of the molecule is C=C(NCC(O)(CNC(=C)C1C=NN(c2cc(F)cc(F)c2)C1N)C(F)(F)F)c1ccccc1. The maximum absolute atomic E-state index is 13.7. The molecule has 1 heterocycles. The van der Waals surface area contributed by atoms with Crippen molar-refractivity contribution >= 4 is 17.6 Å². The summed E-state index contributed by atoms with van der Waals surface area (Å²) in [6.45, 7) is 5.61. The molecule has 0 spiro atoms. The van der Waals surface area contributed by atoms with Gasteiger partial charge in [-0.2, -0.15) is 18.3 Å². The van der Waals surface area contributed by atoms with Crippen molar-refractivity contribution in [2.45, 2.75) is 17.9 Å². The predicted octanol–water partition coefficient (Wildman–Crippen LogP) is 3.33. The van der Waals surface area contributed by atoms with Crippen LogP contribution in [0.2, 0.25) is 0 Å². The number of nitrogens with two attached hydrogens (primary N) is 1. The molecular formula is C23H24F5N5O. The second-order valence-electron chi connectivity index (χ2n) is 7.86. The van der Waals surface area contributed by atoms with Crippen LogP contribution in [0.4, 0.5) is 27.6 Å². The lowest BCUT2D eigenvalue weighted by molar-refractivity contribution is -0.254. The molecule has 0 aliphatic carbocycles. The van der Waals surface area contributed by atoms with Crippen molar-refractivity contribution < 1.29 is 27.1 Å². The highest BCUT2D eigenvalue weighted by Gasteiger charge is 2.53. The van der Waals surface area contributed by atoms with Crippen molar-refractivity contribution in [3.63, 3.8) is 0 Å². The molecule has 2 aromatic rings. The summed E-state index contributed by atoms with van der Waals surface area (Å²) in [6.07, 6.45) is -4.68. The fourth-order valence-corrected chi connectivity index (χ4v) is 3.30. The summed E-state index contributed by atoms with van der Waals surface area (Å²) < 4.78 is 68.2. The zero-order chi connectivity index (χ0) is 25.1. The Morgan fingerprint density at radius 1 is 1.03 bits per heavy atom. The molecular weight excluding hydrogens is 457 g/mol. The number of nitrogens with zero attached hydrogens (tertiary/aromatic N) is 2. The van der Waals surface area contributed by atoms with Gasteiger partial charge >= 0.3 is 6.18 Å². The van der Waals surface area contributed by atoms with Gasteiger partial charge in [0.1, 0.15) is 17.8 Å². The van der Waals surface area contributed by atoms with E-state index in [1.807, 2.05) is 0 Å². The van der Waals surface area contributed by atoms with Gasteiger partial charge < -0.3 is 21.5 Å². The van der Waals surface area contributed by atoms with Crippen LogP contribution < -0.4 is 21.4 Å². The van der Waals surface area contributed by atoms with Crippen molar-refractivity contribution in [2.75, 3.05) is 18.1 Å². The predicted molar refractivity (Wildman–Crippen MR) is 120 cm³/mol. The Balaban J connectivity index is 1.64. The van der Waals surface area contributed by atoms with E-state index in [2.05, 4.69) is 28.9 Å². The zero-order valence-electron chi connectivity index (χ0n) is 18.0. The number of alkyl halides is 3. The number of hydrazone groups is 1. The molecule has 6 nitrogen and oxygen atoms in total. The Morgan fingerprint density at radius 3 is 2.21 bits per heavy atom. The van der Waals surface area contributed by atoms with Gasteiger partial charge in [0.05, 0.1) is 24.7 Å². The maximum Gasteiger partial charge on any atom is 0.420 e. The Labute approximate surface area is 193 Å². The first kappa shape index (κ1) is 25.2. The third kappa shape index (κ3) is 5.54. The molecule has 0 saturated heterocycles. The quantitative estimate of drug-likeness (QED) is 0.413. The standard InChI is InChI=1S/C23H24F5N5O/c1-14(16-6-4-3-5-7-16)30-12-22(34,23(26,27)28)13-31-15(2)20-11-32-33(21(20)29)19-9-17(24)8-18(25)10-19/h3-11,20-21,30-31,34H,1-2,12-13,29H2. The summed E-state index contributed by atoms with van der Waals surface area (Å²) in [5, 5.41) is 20.5. The third-order valence-corrected chi connectivity index (χ3v) is 5.37. The molecule has 2 aromatic carbocycles. The van der Waals surface area contributed by atoms with E-state index < -0.39 is 48.6 Å². The zero-order valence-corrected chi connectivity index (χ0v) is 18.0. The van der Waals surface area contributed by atoms with Crippen LogP contribution in [0.3, 0.4) is 0 Å². The number of nitrogens with one attached hydrogen (secondary N) is 2. The number of anilines is 1. The molecule has 0 amide bonds. The van der Waals surface area contributed by atoms with Crippen LogP contribution in [0, 0.1) is 17.6 Å². The lowest BCUT2D eigenvalue weighted by Crippen LogP contribution is -2.58. The molecule has 11 heteroatoms. The average molecular weight is 481 g/mol. The molecule has 3 unspecified atom stereocenters. The maximum atomic E-state index is 13.7. The molecule has 5 N–H and O–H groups in total. The molecule has 0 fully saturated rings. The number of hydrogen-bond donors (Lipinski definition) is 4. The summed E-state index contributed by atoms with van der Waals surface area (Å²) in [7, 11) is 0. The number of rotatable bonds is 9. The highest BCUT2D eigenvalue weighted by atomic mass is 19.4. The number of benzene rings is 2. The number of aliphatic hydroxyl groups is 1. The summed E-state index contributed by atoms with van der Waals surface area (Å²) in [5.41, 5.74) is 3.79. The van der Waals surface area contributed by atoms with E-state index in [1.165, 1.54) is 6.21 Å². The van der Waals surface area contributed by atoms with Crippen LogP contribution in [-0.2, 0) is 0 Å². The first-order valence-corrected chi connectivity index (χ1v) is 10.2. The third-order valence-electron chi connectivity index (χ3n) is 5.37. The molecule has 0 saturated carbocycles. The Morgan fingerprint density at radius 2 is 1.62 bits per heavy atom. The van der Waals surface area contributed by atoms with Gasteiger partial charge in [0, 0.05) is 23.7 Å². The molecule has 34 heavy (non-hydrogen) atoms. The van der Waals surface area contributed by atoms with E-state index in [0.717, 1.165) is 17.1 Å². The van der Waals surface area contributed by atoms with Gasteiger partial charge in [-0.25, -0.2) is 13.8 Å². The van der Waals surface area contributed by atoms with Gasteiger partial charge in [-0.15, -0.1) is 0 Å². The Bertz CT molecular complexity index is 1050. The van der Waals surface area contributed by atoms with Gasteiger partial charge in [0.15, 0.2) is 5.60 Å². The highest BCUT2D eigenvalue weighted by molar-refractivity contribution is 5.72. The van der Waals surface area contributed by atoms with Crippen molar-refractivity contribution in [3.8, 4) is 0 Å². The van der Waals surface area contributed by atoms with Crippen LogP contribution in [0.25, 0.3) is 5.70 Å². The fraction of sp³-hybridized carbons (Fsp3) is 0.261. The van der Waals surface area contributed by atoms with Gasteiger partial charge in [0.25, 0.3) is 0 Å².